The van der Waals surface area contributed by atoms with Crippen LogP contribution in [0.3, 0.4) is 0 Å². The Hall–Kier alpha value is -3.55. The number of aryl methyl sites for hydroxylation is 1. The fourth-order valence-electron chi connectivity index (χ4n) is 3.57. The van der Waals surface area contributed by atoms with Gasteiger partial charge in [-0.2, -0.15) is 0 Å². The molecule has 1 fully saturated rings. The van der Waals surface area contributed by atoms with Gasteiger partial charge in [0, 0.05) is 38.2 Å². The second kappa shape index (κ2) is 7.46. The summed E-state index contributed by atoms with van der Waals surface area (Å²) in [6.45, 7) is 1.65. The van der Waals surface area contributed by atoms with Gasteiger partial charge in [-0.1, -0.05) is 12.1 Å². The first-order chi connectivity index (χ1) is 14.0. The molecule has 2 N–H and O–H groups in total. The Balaban J connectivity index is 1.34. The molecule has 2 amide bonds. The number of aromatic amines is 1. The van der Waals surface area contributed by atoms with E-state index in [4.69, 9.17) is 4.74 Å². The molecule has 8 nitrogen and oxygen atoms in total. The second-order valence-electron chi connectivity index (χ2n) is 7.21. The Morgan fingerprint density at radius 2 is 1.97 bits per heavy atom. The summed E-state index contributed by atoms with van der Waals surface area (Å²) in [6, 6.07) is 12.3. The molecule has 0 bridgehead atoms. The second-order valence-corrected chi connectivity index (χ2v) is 7.21. The summed E-state index contributed by atoms with van der Waals surface area (Å²) in [5, 5.41) is 2.91. The van der Waals surface area contributed by atoms with Crippen LogP contribution in [0.2, 0.25) is 0 Å². The molecule has 0 aliphatic carbocycles. The van der Waals surface area contributed by atoms with Crippen molar-refractivity contribution in [3.8, 4) is 5.75 Å². The maximum atomic E-state index is 12.7. The number of hydrogen-bond donors (Lipinski definition) is 2. The number of rotatable bonds is 5. The molecule has 0 spiro atoms. The molecule has 1 saturated heterocycles. The maximum absolute atomic E-state index is 12.7. The van der Waals surface area contributed by atoms with Crippen LogP contribution in [0.15, 0.2) is 47.3 Å². The first-order valence-corrected chi connectivity index (χ1v) is 9.37. The van der Waals surface area contributed by atoms with Crippen LogP contribution in [0.5, 0.6) is 5.75 Å². The smallest absolute Gasteiger partial charge is 0.326 e. The Labute approximate surface area is 167 Å². The monoisotopic (exact) mass is 394 g/mol. The summed E-state index contributed by atoms with van der Waals surface area (Å²) in [6.07, 6.45) is 0. The van der Waals surface area contributed by atoms with Crippen LogP contribution in [0.25, 0.3) is 11.0 Å². The number of imidazole rings is 1. The number of methoxy groups -OCH3 is 1. The van der Waals surface area contributed by atoms with Crippen molar-refractivity contribution < 1.29 is 14.3 Å². The fraction of sp³-hybridized carbons (Fsp3) is 0.286. The number of nitrogens with zero attached hydrogens (tertiary/aromatic N) is 2. The highest BCUT2D eigenvalue weighted by Gasteiger charge is 2.31. The van der Waals surface area contributed by atoms with E-state index >= 15 is 0 Å². The van der Waals surface area contributed by atoms with E-state index in [2.05, 4.69) is 10.3 Å². The van der Waals surface area contributed by atoms with Crippen molar-refractivity contribution >= 4 is 22.8 Å². The third-order valence-corrected chi connectivity index (χ3v) is 5.30. The first kappa shape index (κ1) is 18.8. The molecule has 2 aromatic carbocycles. The van der Waals surface area contributed by atoms with Crippen molar-refractivity contribution in [2.45, 2.75) is 0 Å². The Kier molecular flexibility index (Phi) is 4.84. The standard InChI is InChI=1S/C21H22N4O4/c1-24-17-9-14(7-8-16(17)23-21(24)28)20(27)25-11-13(12-25)10-22-19(26)15-5-3-4-6-18(15)29-2/h3-9,13H,10-12H2,1-2H3,(H,22,26)(H,23,28). The number of likely N-dealkylation sites (tertiary alicyclic amines) is 1. The van der Waals surface area contributed by atoms with Gasteiger partial charge in [-0.15, -0.1) is 0 Å². The van der Waals surface area contributed by atoms with Crippen LogP contribution in [-0.4, -0.2) is 53.0 Å². The molecule has 2 heterocycles. The molecular formula is C21H22N4O4. The number of aromatic nitrogens is 2. The van der Waals surface area contributed by atoms with Gasteiger partial charge in [-0.05, 0) is 30.3 Å². The lowest BCUT2D eigenvalue weighted by Crippen LogP contribution is -2.53. The zero-order valence-electron chi connectivity index (χ0n) is 16.3. The van der Waals surface area contributed by atoms with Gasteiger partial charge >= 0.3 is 5.69 Å². The van der Waals surface area contributed by atoms with E-state index < -0.39 is 0 Å². The van der Waals surface area contributed by atoms with E-state index in [1.54, 1.807) is 48.3 Å². The van der Waals surface area contributed by atoms with E-state index in [1.165, 1.54) is 11.7 Å². The topological polar surface area (TPSA) is 96.4 Å². The summed E-state index contributed by atoms with van der Waals surface area (Å²) in [5.41, 5.74) is 2.23. The zero-order chi connectivity index (χ0) is 20.5. The highest BCUT2D eigenvalue weighted by molar-refractivity contribution is 5.98. The lowest BCUT2D eigenvalue weighted by Gasteiger charge is -2.39. The molecule has 8 heteroatoms. The van der Waals surface area contributed by atoms with Gasteiger partial charge in [-0.3, -0.25) is 14.2 Å². The largest absolute Gasteiger partial charge is 0.496 e. The van der Waals surface area contributed by atoms with Crippen molar-refractivity contribution in [2.24, 2.45) is 13.0 Å². The molecule has 0 saturated carbocycles. The molecule has 1 aliphatic heterocycles. The van der Waals surface area contributed by atoms with Crippen molar-refractivity contribution in [3.63, 3.8) is 0 Å². The molecule has 150 valence electrons. The molecule has 0 atom stereocenters. The number of carbonyl (C=O) groups is 2. The highest BCUT2D eigenvalue weighted by Crippen LogP contribution is 2.21. The average molecular weight is 394 g/mol. The molecule has 4 rings (SSSR count). The SMILES string of the molecule is COc1ccccc1C(=O)NCC1CN(C(=O)c2ccc3[nH]c(=O)n(C)c3c2)C1. The number of ether oxygens (including phenoxy) is 1. The number of fused-ring (bicyclic) bond motifs is 1. The molecule has 3 aromatic rings. The van der Waals surface area contributed by atoms with Gasteiger partial charge in [0.2, 0.25) is 0 Å². The Morgan fingerprint density at radius 1 is 1.21 bits per heavy atom. The first-order valence-electron chi connectivity index (χ1n) is 9.37. The van der Waals surface area contributed by atoms with Crippen molar-refractivity contribution in [2.75, 3.05) is 26.7 Å². The number of nitrogens with one attached hydrogen (secondary N) is 2. The predicted octanol–water partition coefficient (Wildman–Crippen LogP) is 1.38. The van der Waals surface area contributed by atoms with Crippen LogP contribution in [0.1, 0.15) is 20.7 Å². The highest BCUT2D eigenvalue weighted by atomic mass is 16.5. The van der Waals surface area contributed by atoms with Gasteiger partial charge in [0.25, 0.3) is 11.8 Å². The van der Waals surface area contributed by atoms with Crippen molar-refractivity contribution in [1.82, 2.24) is 19.8 Å². The number of amides is 2. The maximum Gasteiger partial charge on any atom is 0.326 e. The minimum atomic E-state index is -0.209. The van der Waals surface area contributed by atoms with Crippen LogP contribution >= 0.6 is 0 Å². The minimum absolute atomic E-state index is 0.0761. The lowest BCUT2D eigenvalue weighted by molar-refractivity contribution is 0.0498. The Bertz CT molecular complexity index is 1140. The van der Waals surface area contributed by atoms with Crippen LogP contribution in [-0.2, 0) is 7.05 Å². The molecular weight excluding hydrogens is 372 g/mol. The Morgan fingerprint density at radius 3 is 2.72 bits per heavy atom. The molecule has 1 aliphatic rings. The van der Waals surface area contributed by atoms with E-state index in [1.807, 2.05) is 6.07 Å². The van der Waals surface area contributed by atoms with Gasteiger partial charge in [0.1, 0.15) is 5.75 Å². The van der Waals surface area contributed by atoms with Crippen LogP contribution in [0, 0.1) is 5.92 Å². The van der Waals surface area contributed by atoms with Crippen LogP contribution < -0.4 is 15.7 Å². The number of para-hydroxylation sites is 1. The van der Waals surface area contributed by atoms with Gasteiger partial charge < -0.3 is 19.9 Å². The summed E-state index contributed by atoms with van der Waals surface area (Å²) in [4.78, 5) is 41.2. The van der Waals surface area contributed by atoms with E-state index in [9.17, 15) is 14.4 Å². The quantitative estimate of drug-likeness (QED) is 0.683. The minimum Gasteiger partial charge on any atom is -0.496 e. The van der Waals surface area contributed by atoms with Crippen molar-refractivity contribution in [3.05, 3.63) is 64.1 Å². The predicted molar refractivity (Wildman–Crippen MR) is 108 cm³/mol. The van der Waals surface area contributed by atoms with Gasteiger partial charge in [0.15, 0.2) is 0 Å². The van der Waals surface area contributed by atoms with Crippen LogP contribution in [0.4, 0.5) is 0 Å². The summed E-state index contributed by atoms with van der Waals surface area (Å²) >= 11 is 0. The van der Waals surface area contributed by atoms with Gasteiger partial charge in [0.05, 0.1) is 23.7 Å². The fourth-order valence-corrected chi connectivity index (χ4v) is 3.57. The number of H-pyrrole nitrogens is 1. The zero-order valence-corrected chi connectivity index (χ0v) is 16.3. The average Bonchev–Trinajstić information content (AvgIpc) is 2.99. The molecule has 0 radical (unpaired) electrons. The van der Waals surface area contributed by atoms with E-state index in [0.29, 0.717) is 47.5 Å². The normalized spacial score (nSPS) is 13.9. The third-order valence-electron chi connectivity index (χ3n) is 5.30. The molecule has 0 unspecified atom stereocenters. The van der Waals surface area contributed by atoms with Gasteiger partial charge in [-0.25, -0.2) is 4.79 Å². The van der Waals surface area contributed by atoms with E-state index in [-0.39, 0.29) is 23.4 Å². The van der Waals surface area contributed by atoms with Crippen molar-refractivity contribution in [1.29, 1.82) is 0 Å². The summed E-state index contributed by atoms with van der Waals surface area (Å²) in [5.74, 6) is 0.474. The van der Waals surface area contributed by atoms with E-state index in [0.717, 1.165) is 0 Å². The molecule has 29 heavy (non-hydrogen) atoms. The summed E-state index contributed by atoms with van der Waals surface area (Å²) in [7, 11) is 3.20. The number of hydrogen-bond acceptors (Lipinski definition) is 4. The number of carbonyl (C=O) groups excluding carboxylic acids is 2. The molecule has 1 aromatic heterocycles. The lowest BCUT2D eigenvalue weighted by atomic mass is 9.98. The number of benzene rings is 2. The third kappa shape index (κ3) is 3.49. The summed E-state index contributed by atoms with van der Waals surface area (Å²) < 4.78 is 6.70.